The van der Waals surface area contributed by atoms with Gasteiger partial charge in [-0.3, -0.25) is 0 Å². The molecule has 0 bridgehead atoms. The molecule has 0 spiro atoms. The van der Waals surface area contributed by atoms with Gasteiger partial charge in [0.25, 0.3) is 0 Å². The summed E-state index contributed by atoms with van der Waals surface area (Å²) in [6.45, 7) is 10.4. The van der Waals surface area contributed by atoms with Crippen molar-refractivity contribution in [3.05, 3.63) is 0 Å². The van der Waals surface area contributed by atoms with Gasteiger partial charge in [-0.2, -0.15) is 0 Å². The third-order valence-electron chi connectivity index (χ3n) is 2.06. The van der Waals surface area contributed by atoms with Crippen LogP contribution in [0.1, 0.15) is 34.6 Å². The highest BCUT2D eigenvalue weighted by atomic mass is 16.5. The molecule has 0 aliphatic heterocycles. The molecule has 0 saturated heterocycles. The van der Waals surface area contributed by atoms with Crippen molar-refractivity contribution in [3.63, 3.8) is 0 Å². The van der Waals surface area contributed by atoms with E-state index in [1.807, 2.05) is 34.6 Å². The Balaban J connectivity index is 4.12. The molecule has 0 aliphatic rings. The van der Waals surface area contributed by atoms with E-state index in [0.717, 1.165) is 0 Å². The first-order valence-corrected chi connectivity index (χ1v) is 5.11. The van der Waals surface area contributed by atoms with E-state index < -0.39 is 6.10 Å². The summed E-state index contributed by atoms with van der Waals surface area (Å²) in [5.41, 5.74) is -0.0749. The maximum atomic E-state index is 9.84. The Morgan fingerprint density at radius 1 is 1.21 bits per heavy atom. The predicted octanol–water partition coefficient (Wildman–Crippen LogP) is 1.83. The maximum Gasteiger partial charge on any atom is 0.104 e. The molecule has 0 aliphatic carbocycles. The number of ether oxygens (including phenoxy) is 2. The second-order valence-corrected chi connectivity index (χ2v) is 4.97. The zero-order chi connectivity index (χ0) is 11.4. The van der Waals surface area contributed by atoms with Gasteiger partial charge in [0.05, 0.1) is 18.8 Å². The number of aliphatic hydroxyl groups is 1. The third kappa shape index (κ3) is 4.94. The average Bonchev–Trinajstić information content (AvgIpc) is 1.99. The van der Waals surface area contributed by atoms with Crippen LogP contribution in [-0.2, 0) is 9.47 Å². The summed E-state index contributed by atoms with van der Waals surface area (Å²) in [4.78, 5) is 0. The van der Waals surface area contributed by atoms with Crippen molar-refractivity contribution >= 4 is 0 Å². The van der Waals surface area contributed by atoms with Crippen molar-refractivity contribution in [1.82, 2.24) is 0 Å². The highest BCUT2D eigenvalue weighted by Crippen LogP contribution is 2.24. The molecule has 0 heterocycles. The van der Waals surface area contributed by atoms with Crippen LogP contribution in [0.15, 0.2) is 0 Å². The Morgan fingerprint density at radius 3 is 2.00 bits per heavy atom. The molecule has 0 rings (SSSR count). The van der Waals surface area contributed by atoms with Crippen molar-refractivity contribution in [1.29, 1.82) is 0 Å². The van der Waals surface area contributed by atoms with Gasteiger partial charge in [0.2, 0.25) is 0 Å². The van der Waals surface area contributed by atoms with Gasteiger partial charge in [0.15, 0.2) is 0 Å². The molecule has 86 valence electrons. The summed E-state index contributed by atoms with van der Waals surface area (Å²) in [5, 5.41) is 9.84. The van der Waals surface area contributed by atoms with Gasteiger partial charge < -0.3 is 14.6 Å². The fraction of sp³-hybridized carbons (Fsp3) is 1.00. The molecule has 0 radical (unpaired) electrons. The van der Waals surface area contributed by atoms with Crippen LogP contribution in [0.4, 0.5) is 0 Å². The van der Waals surface area contributed by atoms with E-state index >= 15 is 0 Å². The number of rotatable bonds is 5. The second kappa shape index (κ2) is 5.69. The van der Waals surface area contributed by atoms with E-state index in [4.69, 9.17) is 9.47 Å². The first-order valence-electron chi connectivity index (χ1n) is 5.11. The van der Waals surface area contributed by atoms with Gasteiger partial charge in [0.1, 0.15) is 6.10 Å². The van der Waals surface area contributed by atoms with Crippen LogP contribution in [0.3, 0.4) is 0 Å². The third-order valence-corrected chi connectivity index (χ3v) is 2.06. The van der Waals surface area contributed by atoms with Crippen LogP contribution < -0.4 is 0 Å². The molecule has 2 unspecified atom stereocenters. The monoisotopic (exact) mass is 204 g/mol. The quantitative estimate of drug-likeness (QED) is 0.742. The van der Waals surface area contributed by atoms with Gasteiger partial charge in [-0.1, -0.05) is 20.8 Å². The smallest absolute Gasteiger partial charge is 0.104 e. The largest absolute Gasteiger partial charge is 0.388 e. The molecule has 0 fully saturated rings. The summed E-state index contributed by atoms with van der Waals surface area (Å²) in [7, 11) is 1.62. The van der Waals surface area contributed by atoms with Crippen LogP contribution in [0, 0.1) is 5.41 Å². The van der Waals surface area contributed by atoms with Crippen molar-refractivity contribution in [2.24, 2.45) is 5.41 Å². The molecule has 0 amide bonds. The van der Waals surface area contributed by atoms with Gasteiger partial charge in [-0.25, -0.2) is 0 Å². The highest BCUT2D eigenvalue weighted by molar-refractivity contribution is 4.80. The summed E-state index contributed by atoms with van der Waals surface area (Å²) in [5.74, 6) is 0. The number of hydrogen-bond acceptors (Lipinski definition) is 3. The predicted molar refractivity (Wildman–Crippen MR) is 57.3 cm³/mol. The minimum absolute atomic E-state index is 0.0749. The second-order valence-electron chi connectivity index (χ2n) is 4.97. The van der Waals surface area contributed by atoms with Gasteiger partial charge in [-0.05, 0) is 19.3 Å². The van der Waals surface area contributed by atoms with Crippen molar-refractivity contribution in [2.75, 3.05) is 13.7 Å². The Bertz CT molecular complexity index is 149. The van der Waals surface area contributed by atoms with Crippen LogP contribution in [0.5, 0.6) is 0 Å². The maximum absolute atomic E-state index is 9.84. The van der Waals surface area contributed by atoms with E-state index in [2.05, 4.69) is 0 Å². The topological polar surface area (TPSA) is 38.7 Å². The number of aliphatic hydroxyl groups excluding tert-OH is 1. The molecule has 0 aromatic carbocycles. The van der Waals surface area contributed by atoms with E-state index in [9.17, 15) is 5.11 Å². The van der Waals surface area contributed by atoms with Crippen LogP contribution in [0.25, 0.3) is 0 Å². The fourth-order valence-electron chi connectivity index (χ4n) is 1.47. The van der Waals surface area contributed by atoms with E-state index in [0.29, 0.717) is 6.61 Å². The molecule has 0 aromatic heterocycles. The van der Waals surface area contributed by atoms with Crippen molar-refractivity contribution in [3.8, 4) is 0 Å². The van der Waals surface area contributed by atoms with Gasteiger partial charge in [-0.15, -0.1) is 0 Å². The van der Waals surface area contributed by atoms with Crippen LogP contribution >= 0.6 is 0 Å². The van der Waals surface area contributed by atoms with E-state index in [1.54, 1.807) is 7.11 Å². The minimum Gasteiger partial charge on any atom is -0.388 e. The summed E-state index contributed by atoms with van der Waals surface area (Å²) < 4.78 is 10.6. The summed E-state index contributed by atoms with van der Waals surface area (Å²) >= 11 is 0. The zero-order valence-electron chi connectivity index (χ0n) is 10.2. The standard InChI is InChI=1S/C11H24O3/c1-8(2)14-7-9(12)10(13-6)11(3,4)5/h8-10,12H,7H2,1-6H3. The van der Waals surface area contributed by atoms with Crippen LogP contribution in [0.2, 0.25) is 0 Å². The molecule has 1 N–H and O–H groups in total. The van der Waals surface area contributed by atoms with Gasteiger partial charge in [0, 0.05) is 7.11 Å². The lowest BCUT2D eigenvalue weighted by Gasteiger charge is -2.33. The van der Waals surface area contributed by atoms with E-state index in [-0.39, 0.29) is 17.6 Å². The first-order chi connectivity index (χ1) is 6.29. The molecule has 0 saturated carbocycles. The SMILES string of the molecule is COC(C(O)COC(C)C)C(C)(C)C. The number of methoxy groups -OCH3 is 1. The van der Waals surface area contributed by atoms with E-state index in [1.165, 1.54) is 0 Å². The molecule has 2 atom stereocenters. The molecule has 0 aromatic rings. The fourth-order valence-corrected chi connectivity index (χ4v) is 1.47. The first kappa shape index (κ1) is 13.9. The van der Waals surface area contributed by atoms with Crippen molar-refractivity contribution < 1.29 is 14.6 Å². The molecule has 3 nitrogen and oxygen atoms in total. The lowest BCUT2D eigenvalue weighted by Crippen LogP contribution is -2.42. The lowest BCUT2D eigenvalue weighted by molar-refractivity contribution is -0.106. The summed E-state index contributed by atoms with van der Waals surface area (Å²) in [6.07, 6.45) is -0.620. The summed E-state index contributed by atoms with van der Waals surface area (Å²) in [6, 6.07) is 0. The Kier molecular flexibility index (Phi) is 5.64. The van der Waals surface area contributed by atoms with Gasteiger partial charge >= 0.3 is 0 Å². The Morgan fingerprint density at radius 2 is 1.71 bits per heavy atom. The Labute approximate surface area is 87.4 Å². The minimum atomic E-state index is -0.567. The normalized spacial score (nSPS) is 17.1. The number of hydrogen-bond donors (Lipinski definition) is 1. The molecular formula is C11H24O3. The molecule has 3 heteroatoms. The lowest BCUT2D eigenvalue weighted by atomic mass is 9.86. The average molecular weight is 204 g/mol. The molecule has 14 heavy (non-hydrogen) atoms. The Hall–Kier alpha value is -0.120. The highest BCUT2D eigenvalue weighted by Gasteiger charge is 2.31. The van der Waals surface area contributed by atoms with Crippen molar-refractivity contribution in [2.45, 2.75) is 52.9 Å². The van der Waals surface area contributed by atoms with Crippen LogP contribution in [-0.4, -0.2) is 37.1 Å². The molecular weight excluding hydrogens is 180 g/mol. The zero-order valence-corrected chi connectivity index (χ0v) is 10.2.